The van der Waals surface area contributed by atoms with Gasteiger partial charge in [-0.15, -0.1) is 11.3 Å². The topological polar surface area (TPSA) is 52.3 Å². The fraction of sp³-hybridized carbons (Fsp3) is 0.389. The molecule has 0 aliphatic rings. The fourth-order valence-electron chi connectivity index (χ4n) is 2.17. The van der Waals surface area contributed by atoms with Crippen LogP contribution in [0.15, 0.2) is 29.6 Å². The first-order valence-electron chi connectivity index (χ1n) is 7.39. The van der Waals surface area contributed by atoms with Gasteiger partial charge in [0.1, 0.15) is 16.2 Å². The minimum absolute atomic E-state index is 0.366. The third-order valence-corrected chi connectivity index (χ3v) is 4.12. The second-order valence-electron chi connectivity index (χ2n) is 6.67. The first-order chi connectivity index (χ1) is 10.2. The van der Waals surface area contributed by atoms with Crippen molar-refractivity contribution in [3.8, 4) is 11.1 Å². The fourth-order valence-corrected chi connectivity index (χ4v) is 2.98. The molecule has 2 rings (SSSR count). The van der Waals surface area contributed by atoms with Crippen LogP contribution in [0.25, 0.3) is 11.1 Å². The number of nitrogen functional groups attached to an aromatic ring is 1. The van der Waals surface area contributed by atoms with Crippen LogP contribution in [0.3, 0.4) is 0 Å². The van der Waals surface area contributed by atoms with Gasteiger partial charge >= 0.3 is 5.97 Å². The number of thiophene rings is 1. The molecule has 0 unspecified atom stereocenters. The maximum atomic E-state index is 12.4. The highest BCUT2D eigenvalue weighted by molar-refractivity contribution is 7.14. The lowest BCUT2D eigenvalue weighted by Crippen LogP contribution is -2.24. The van der Waals surface area contributed by atoms with Gasteiger partial charge in [0, 0.05) is 10.9 Å². The van der Waals surface area contributed by atoms with Gasteiger partial charge in [0.15, 0.2) is 0 Å². The van der Waals surface area contributed by atoms with Crippen molar-refractivity contribution in [2.75, 3.05) is 5.73 Å². The van der Waals surface area contributed by atoms with Gasteiger partial charge < -0.3 is 10.5 Å². The molecule has 1 aromatic carbocycles. The van der Waals surface area contributed by atoms with E-state index in [0.29, 0.717) is 16.5 Å². The molecular weight excluding hydrogens is 294 g/mol. The summed E-state index contributed by atoms with van der Waals surface area (Å²) in [7, 11) is 0. The molecule has 4 heteroatoms. The van der Waals surface area contributed by atoms with Crippen LogP contribution in [-0.4, -0.2) is 11.6 Å². The van der Waals surface area contributed by atoms with E-state index in [0.717, 1.165) is 11.1 Å². The Balaban J connectivity index is 2.39. The highest BCUT2D eigenvalue weighted by Gasteiger charge is 2.24. The third kappa shape index (κ3) is 3.69. The average molecular weight is 317 g/mol. The average Bonchev–Trinajstić information content (AvgIpc) is 2.79. The maximum Gasteiger partial charge on any atom is 0.342 e. The molecule has 22 heavy (non-hydrogen) atoms. The zero-order chi connectivity index (χ0) is 16.5. The standard InChI is InChI=1S/C18H23NO2S/c1-11(2)12-6-8-13(9-7-12)14-10-22-16(19)15(14)17(20)21-18(3,4)5/h6-11H,19H2,1-5H3. The molecule has 118 valence electrons. The van der Waals surface area contributed by atoms with Crippen LogP contribution < -0.4 is 5.73 Å². The molecule has 0 saturated carbocycles. The molecule has 2 N–H and O–H groups in total. The molecule has 0 aliphatic carbocycles. The van der Waals surface area contributed by atoms with Crippen LogP contribution in [0, 0.1) is 0 Å². The molecule has 1 heterocycles. The summed E-state index contributed by atoms with van der Waals surface area (Å²) >= 11 is 1.37. The summed E-state index contributed by atoms with van der Waals surface area (Å²) in [6.07, 6.45) is 0. The number of carbonyl (C=O) groups is 1. The van der Waals surface area contributed by atoms with E-state index in [1.165, 1.54) is 16.9 Å². The number of esters is 1. The summed E-state index contributed by atoms with van der Waals surface area (Å²) < 4.78 is 5.47. The highest BCUT2D eigenvalue weighted by atomic mass is 32.1. The molecule has 2 aromatic rings. The monoisotopic (exact) mass is 317 g/mol. The van der Waals surface area contributed by atoms with Gasteiger partial charge in [-0.05, 0) is 37.8 Å². The summed E-state index contributed by atoms with van der Waals surface area (Å²) in [6, 6.07) is 8.24. The Labute approximate surface area is 136 Å². The van der Waals surface area contributed by atoms with E-state index in [-0.39, 0.29) is 5.97 Å². The summed E-state index contributed by atoms with van der Waals surface area (Å²) in [6.45, 7) is 9.87. The number of carbonyl (C=O) groups excluding carboxylic acids is 1. The largest absolute Gasteiger partial charge is 0.456 e. The van der Waals surface area contributed by atoms with Gasteiger partial charge in [-0.2, -0.15) is 0 Å². The van der Waals surface area contributed by atoms with Crippen LogP contribution in [0.1, 0.15) is 56.5 Å². The van der Waals surface area contributed by atoms with Crippen molar-refractivity contribution in [3.63, 3.8) is 0 Å². The lowest BCUT2D eigenvalue weighted by Gasteiger charge is -2.20. The van der Waals surface area contributed by atoms with Gasteiger partial charge in [0.25, 0.3) is 0 Å². The number of benzene rings is 1. The maximum absolute atomic E-state index is 12.4. The molecule has 1 aromatic heterocycles. The van der Waals surface area contributed by atoms with Crippen molar-refractivity contribution in [1.82, 2.24) is 0 Å². The predicted molar refractivity (Wildman–Crippen MR) is 93.4 cm³/mol. The second kappa shape index (κ2) is 6.13. The normalized spacial score (nSPS) is 11.7. The van der Waals surface area contributed by atoms with E-state index < -0.39 is 5.60 Å². The quantitative estimate of drug-likeness (QED) is 0.803. The van der Waals surface area contributed by atoms with Crippen LogP contribution in [0.4, 0.5) is 5.00 Å². The third-order valence-electron chi connectivity index (χ3n) is 3.31. The lowest BCUT2D eigenvalue weighted by atomic mass is 9.98. The summed E-state index contributed by atoms with van der Waals surface area (Å²) in [5.41, 5.74) is 9.02. The number of rotatable bonds is 3. The smallest absolute Gasteiger partial charge is 0.342 e. The molecule has 0 aliphatic heterocycles. The Kier molecular flexibility index (Phi) is 4.61. The molecule has 0 spiro atoms. The number of nitrogens with two attached hydrogens (primary N) is 1. The Morgan fingerprint density at radius 3 is 2.27 bits per heavy atom. The molecule has 0 atom stereocenters. The van der Waals surface area contributed by atoms with E-state index in [2.05, 4.69) is 26.0 Å². The molecule has 0 saturated heterocycles. The molecule has 3 nitrogen and oxygen atoms in total. The van der Waals surface area contributed by atoms with Gasteiger partial charge in [-0.25, -0.2) is 4.79 Å². The number of ether oxygens (including phenoxy) is 1. The van der Waals surface area contributed by atoms with E-state index in [1.807, 2.05) is 38.3 Å². The predicted octanol–water partition coefficient (Wildman–Crippen LogP) is 5.08. The first kappa shape index (κ1) is 16.6. The minimum Gasteiger partial charge on any atom is -0.456 e. The van der Waals surface area contributed by atoms with Crippen LogP contribution >= 0.6 is 11.3 Å². The lowest BCUT2D eigenvalue weighted by molar-refractivity contribution is 0.00722. The van der Waals surface area contributed by atoms with Gasteiger partial charge in [-0.3, -0.25) is 0 Å². The number of anilines is 1. The molecule has 0 bridgehead atoms. The zero-order valence-corrected chi connectivity index (χ0v) is 14.6. The van der Waals surface area contributed by atoms with Crippen molar-refractivity contribution in [3.05, 3.63) is 40.8 Å². The van der Waals surface area contributed by atoms with Crippen LogP contribution in [-0.2, 0) is 4.74 Å². The van der Waals surface area contributed by atoms with Crippen molar-refractivity contribution < 1.29 is 9.53 Å². The van der Waals surface area contributed by atoms with Gasteiger partial charge in [0.2, 0.25) is 0 Å². The van der Waals surface area contributed by atoms with Crippen LogP contribution in [0.5, 0.6) is 0 Å². The van der Waals surface area contributed by atoms with E-state index >= 15 is 0 Å². The van der Waals surface area contributed by atoms with Crippen molar-refractivity contribution in [2.24, 2.45) is 0 Å². The number of hydrogen-bond acceptors (Lipinski definition) is 4. The molecule has 0 amide bonds. The summed E-state index contributed by atoms with van der Waals surface area (Å²) in [5.74, 6) is 0.112. The van der Waals surface area contributed by atoms with Crippen molar-refractivity contribution in [1.29, 1.82) is 0 Å². The Morgan fingerprint density at radius 2 is 1.77 bits per heavy atom. The van der Waals surface area contributed by atoms with E-state index in [1.54, 1.807) is 0 Å². The van der Waals surface area contributed by atoms with Gasteiger partial charge in [0.05, 0.1) is 0 Å². The summed E-state index contributed by atoms with van der Waals surface area (Å²) in [5, 5.41) is 2.41. The van der Waals surface area contributed by atoms with E-state index in [9.17, 15) is 4.79 Å². The zero-order valence-electron chi connectivity index (χ0n) is 13.8. The highest BCUT2D eigenvalue weighted by Crippen LogP contribution is 2.35. The van der Waals surface area contributed by atoms with Crippen molar-refractivity contribution >= 4 is 22.3 Å². The van der Waals surface area contributed by atoms with E-state index in [4.69, 9.17) is 10.5 Å². The van der Waals surface area contributed by atoms with Crippen molar-refractivity contribution in [2.45, 2.75) is 46.1 Å². The van der Waals surface area contributed by atoms with Gasteiger partial charge in [-0.1, -0.05) is 38.1 Å². The number of hydrogen-bond donors (Lipinski definition) is 1. The molecular formula is C18H23NO2S. The minimum atomic E-state index is -0.537. The SMILES string of the molecule is CC(C)c1ccc(-c2csc(N)c2C(=O)OC(C)(C)C)cc1. The Morgan fingerprint density at radius 1 is 1.18 bits per heavy atom. The molecule has 0 radical (unpaired) electrons. The first-order valence-corrected chi connectivity index (χ1v) is 8.27. The Bertz CT molecular complexity index is 663. The summed E-state index contributed by atoms with van der Waals surface area (Å²) in [4.78, 5) is 12.4. The molecule has 0 fully saturated rings. The van der Waals surface area contributed by atoms with Crippen LogP contribution in [0.2, 0.25) is 0 Å². The second-order valence-corrected chi connectivity index (χ2v) is 7.58. The Hall–Kier alpha value is -1.81.